The second-order valence-corrected chi connectivity index (χ2v) is 11.6. The van der Waals surface area contributed by atoms with Crippen LogP contribution in [0.5, 0.6) is 0 Å². The van der Waals surface area contributed by atoms with Crippen LogP contribution in [0.2, 0.25) is 0 Å². The minimum absolute atomic E-state index is 0.0277. The first-order valence-electron chi connectivity index (χ1n) is 15.3. The summed E-state index contributed by atoms with van der Waals surface area (Å²) in [5.74, 6) is 0.795. The van der Waals surface area contributed by atoms with E-state index in [1.54, 1.807) is 0 Å². The molecule has 2 aromatic rings. The highest BCUT2D eigenvalue weighted by atomic mass is 19.4. The van der Waals surface area contributed by atoms with E-state index in [-0.39, 0.29) is 36.5 Å². The second-order valence-electron chi connectivity index (χ2n) is 11.6. The Balaban J connectivity index is 0.00000248. The van der Waals surface area contributed by atoms with E-state index in [2.05, 4.69) is 41.4 Å². The summed E-state index contributed by atoms with van der Waals surface area (Å²) in [7, 11) is 0. The molecule has 0 radical (unpaired) electrons. The molecule has 4 atom stereocenters. The first kappa shape index (κ1) is 34.7. The molecule has 2 aliphatic rings. The van der Waals surface area contributed by atoms with Gasteiger partial charge in [-0.05, 0) is 86.2 Å². The Bertz CT molecular complexity index is 1180. The van der Waals surface area contributed by atoms with Gasteiger partial charge in [-0.1, -0.05) is 70.2 Å². The predicted octanol–water partition coefficient (Wildman–Crippen LogP) is 9.03. The van der Waals surface area contributed by atoms with Crippen LogP contribution in [0.15, 0.2) is 54.6 Å². The fraction of sp³-hybridized carbons (Fsp3) is 0.559. The first-order chi connectivity index (χ1) is 20.3. The summed E-state index contributed by atoms with van der Waals surface area (Å²) < 4.78 is 79.1. The quantitative estimate of drug-likeness (QED) is 0.303. The van der Waals surface area contributed by atoms with E-state index in [9.17, 15) is 31.1 Å². The number of likely N-dealkylation sites (tertiary alicyclic amines) is 1. The summed E-state index contributed by atoms with van der Waals surface area (Å²) >= 11 is 0. The molecule has 2 aromatic carbocycles. The lowest BCUT2D eigenvalue weighted by Gasteiger charge is -2.40. The van der Waals surface area contributed by atoms with Gasteiger partial charge in [0, 0.05) is 19.1 Å². The van der Waals surface area contributed by atoms with Crippen molar-refractivity contribution in [3.63, 3.8) is 0 Å². The molecule has 1 saturated carbocycles. The second kappa shape index (κ2) is 14.8. The number of carbonyl (C=O) groups is 1. The van der Waals surface area contributed by atoms with Crippen molar-refractivity contribution < 1.29 is 31.1 Å². The van der Waals surface area contributed by atoms with E-state index in [1.165, 1.54) is 5.56 Å². The van der Waals surface area contributed by atoms with Crippen LogP contribution < -0.4 is 5.32 Å². The van der Waals surface area contributed by atoms with Crippen LogP contribution in [-0.4, -0.2) is 36.5 Å². The zero-order valence-corrected chi connectivity index (χ0v) is 25.5. The zero-order chi connectivity index (χ0) is 31.8. The number of benzene rings is 2. The Kier molecular flexibility index (Phi) is 11.9. The van der Waals surface area contributed by atoms with Crippen LogP contribution in [-0.2, 0) is 23.6 Å². The molecule has 0 bridgehead atoms. The third-order valence-electron chi connectivity index (χ3n) is 8.94. The predicted molar refractivity (Wildman–Crippen MR) is 159 cm³/mol. The molecule has 4 rings (SSSR count). The van der Waals surface area contributed by atoms with Crippen molar-refractivity contribution in [3.8, 4) is 0 Å². The number of halogens is 6. The Labute approximate surface area is 251 Å². The van der Waals surface area contributed by atoms with Crippen molar-refractivity contribution in [2.24, 2.45) is 17.3 Å². The number of piperidine rings is 1. The van der Waals surface area contributed by atoms with E-state index in [4.69, 9.17) is 0 Å². The molecule has 1 N–H and O–H groups in total. The number of alkyl halides is 6. The average Bonchev–Trinajstić information content (AvgIpc) is 3.43. The zero-order valence-electron chi connectivity index (χ0n) is 25.5. The summed E-state index contributed by atoms with van der Waals surface area (Å²) in [6, 6.07) is 12.1. The van der Waals surface area contributed by atoms with Crippen LogP contribution in [0.1, 0.15) is 82.1 Å². The van der Waals surface area contributed by atoms with Gasteiger partial charge in [0.25, 0.3) is 0 Å². The lowest BCUT2D eigenvalue weighted by atomic mass is 9.81. The van der Waals surface area contributed by atoms with Crippen molar-refractivity contribution in [2.75, 3.05) is 19.6 Å². The Morgan fingerprint density at radius 2 is 1.63 bits per heavy atom. The van der Waals surface area contributed by atoms with E-state index in [1.807, 2.05) is 39.0 Å². The highest BCUT2D eigenvalue weighted by Crippen LogP contribution is 2.44. The Hall–Kier alpha value is -2.81. The number of rotatable bonds is 8. The monoisotopic (exact) mass is 610 g/mol. The molecule has 0 aromatic heterocycles. The topological polar surface area (TPSA) is 32.3 Å². The van der Waals surface area contributed by atoms with Gasteiger partial charge < -0.3 is 10.2 Å². The van der Waals surface area contributed by atoms with Crippen LogP contribution in [0.25, 0.3) is 6.08 Å². The van der Waals surface area contributed by atoms with E-state index in [0.717, 1.165) is 38.1 Å². The average molecular weight is 611 g/mol. The minimum Gasteiger partial charge on any atom is -0.355 e. The number of carbonyl (C=O) groups excluding carboxylic acids is 1. The number of nitrogens with one attached hydrogen (secondary N) is 1. The number of hydrogen-bond donors (Lipinski definition) is 1. The third-order valence-corrected chi connectivity index (χ3v) is 8.94. The molecular weight excluding hydrogens is 566 g/mol. The summed E-state index contributed by atoms with van der Waals surface area (Å²) in [6.45, 7) is 10.1. The van der Waals surface area contributed by atoms with Gasteiger partial charge in [-0.3, -0.25) is 4.79 Å². The van der Waals surface area contributed by atoms with Crippen LogP contribution in [0, 0.1) is 17.3 Å². The van der Waals surface area contributed by atoms with Crippen molar-refractivity contribution in [1.82, 2.24) is 10.2 Å². The lowest BCUT2D eigenvalue weighted by Crippen LogP contribution is -2.46. The van der Waals surface area contributed by atoms with Gasteiger partial charge in [0.15, 0.2) is 0 Å². The summed E-state index contributed by atoms with van der Waals surface area (Å²) in [6.07, 6.45) is -1.45. The molecule has 1 aliphatic heterocycles. The lowest BCUT2D eigenvalue weighted by molar-refractivity contribution is -0.143. The number of nitrogens with zero attached hydrogens (tertiary/aromatic N) is 1. The molecule has 1 aliphatic carbocycles. The molecule has 2 fully saturated rings. The van der Waals surface area contributed by atoms with E-state index < -0.39 is 28.9 Å². The minimum atomic E-state index is -4.89. The van der Waals surface area contributed by atoms with Crippen molar-refractivity contribution in [3.05, 3.63) is 76.9 Å². The molecule has 3 unspecified atom stereocenters. The summed E-state index contributed by atoms with van der Waals surface area (Å²) in [5.41, 5.74) is -2.19. The number of hydrogen-bond acceptors (Lipinski definition) is 2. The fourth-order valence-corrected chi connectivity index (χ4v) is 6.38. The molecule has 0 spiro atoms. The molecule has 3 nitrogen and oxygen atoms in total. The molecule has 1 amide bonds. The van der Waals surface area contributed by atoms with E-state index in [0.29, 0.717) is 31.1 Å². The smallest absolute Gasteiger partial charge is 0.355 e. The van der Waals surface area contributed by atoms with Crippen molar-refractivity contribution in [2.45, 2.75) is 84.6 Å². The van der Waals surface area contributed by atoms with E-state index >= 15 is 0 Å². The maximum atomic E-state index is 13.3. The molecule has 1 saturated heterocycles. The van der Waals surface area contributed by atoms with Gasteiger partial charge in [0.2, 0.25) is 5.91 Å². The van der Waals surface area contributed by atoms with Gasteiger partial charge in [0.05, 0.1) is 16.5 Å². The first-order valence-corrected chi connectivity index (χ1v) is 15.3. The third kappa shape index (κ3) is 9.10. The van der Waals surface area contributed by atoms with Crippen molar-refractivity contribution >= 4 is 12.0 Å². The fourth-order valence-electron chi connectivity index (χ4n) is 6.38. The standard InChI is InChI=1S/C32H38F6N2O.C2H6/c1-3-30(29(41)39-15-12-24-17-26(31(33,34)35)19-27(18-24)32(36,37)38)14-11-28(20-30)40-16-13-25(22(2)21-40)10-9-23-7-5-4-6-8-23;1-2/h4-10,17-19,22,25,28H,3,11-16,20-21H2,1-2H3,(H,39,41);1-2H3/b10-9-;/t22?,25-,28?,30?;/m1./s1. The van der Waals surface area contributed by atoms with Crippen molar-refractivity contribution in [1.29, 1.82) is 0 Å². The van der Waals surface area contributed by atoms with Crippen LogP contribution >= 0.6 is 0 Å². The van der Waals surface area contributed by atoms with Crippen LogP contribution in [0.3, 0.4) is 0 Å². The molecule has 9 heteroatoms. The number of amides is 1. The van der Waals surface area contributed by atoms with Crippen LogP contribution in [0.4, 0.5) is 26.3 Å². The van der Waals surface area contributed by atoms with Gasteiger partial charge in [-0.2, -0.15) is 26.3 Å². The summed E-state index contributed by atoms with van der Waals surface area (Å²) in [4.78, 5) is 15.8. The maximum Gasteiger partial charge on any atom is 0.416 e. The molecule has 238 valence electrons. The molecule has 1 heterocycles. The van der Waals surface area contributed by atoms with Gasteiger partial charge in [0.1, 0.15) is 0 Å². The molecular formula is C34H44F6N2O. The summed E-state index contributed by atoms with van der Waals surface area (Å²) in [5, 5.41) is 2.82. The highest BCUT2D eigenvalue weighted by molar-refractivity contribution is 5.83. The SMILES string of the molecule is CC.CCC1(C(=O)NCCc2cc(C(F)(F)F)cc(C(F)(F)F)c2)CCC(N2CC[C@@H](/C=C\c3ccccc3)C(C)C2)C1. The highest BCUT2D eigenvalue weighted by Gasteiger charge is 2.46. The van der Waals surface area contributed by atoms with Gasteiger partial charge >= 0.3 is 12.4 Å². The van der Waals surface area contributed by atoms with Gasteiger partial charge in [-0.15, -0.1) is 0 Å². The molecule has 43 heavy (non-hydrogen) atoms. The normalized spacial score (nSPS) is 24.9. The Morgan fingerprint density at radius 3 is 2.19 bits per heavy atom. The number of allylic oxidation sites excluding steroid dienone is 1. The maximum absolute atomic E-state index is 13.3. The Morgan fingerprint density at radius 1 is 1.00 bits per heavy atom. The largest absolute Gasteiger partial charge is 0.416 e. The van der Waals surface area contributed by atoms with Gasteiger partial charge in [-0.25, -0.2) is 0 Å².